The molecule has 1 aliphatic rings. The third kappa shape index (κ3) is 4.42. The molecule has 1 aromatic carbocycles. The van der Waals surface area contributed by atoms with Gasteiger partial charge < -0.3 is 14.0 Å². The van der Waals surface area contributed by atoms with Crippen LogP contribution in [0.2, 0.25) is 10.0 Å². The van der Waals surface area contributed by atoms with Crippen LogP contribution in [0.3, 0.4) is 0 Å². The molecule has 0 atom stereocenters. The van der Waals surface area contributed by atoms with Crippen molar-refractivity contribution in [3.05, 3.63) is 52.5 Å². The Morgan fingerprint density at radius 3 is 2.46 bits per heavy atom. The number of aryl methyl sites for hydroxylation is 1. The zero-order valence-corrected chi connectivity index (χ0v) is 16.9. The van der Waals surface area contributed by atoms with Gasteiger partial charge in [-0.1, -0.05) is 43.1 Å². The number of ether oxygens (including phenoxy) is 2. The van der Waals surface area contributed by atoms with Crippen LogP contribution in [0.4, 0.5) is 0 Å². The monoisotopic (exact) mass is 396 g/mol. The molecule has 6 heteroatoms. The first-order valence-electron chi connectivity index (χ1n) is 9.17. The van der Waals surface area contributed by atoms with Crippen molar-refractivity contribution in [2.75, 3.05) is 13.2 Å². The van der Waals surface area contributed by atoms with Crippen LogP contribution >= 0.6 is 23.2 Å². The summed E-state index contributed by atoms with van der Waals surface area (Å²) in [6.45, 7) is 6.58. The Morgan fingerprint density at radius 1 is 1.15 bits per heavy atom. The molecule has 2 heterocycles. The molecule has 0 bridgehead atoms. The Kier molecular flexibility index (Phi) is 6.29. The van der Waals surface area contributed by atoms with Crippen LogP contribution in [0, 0.1) is 5.41 Å². The number of halogens is 2. The number of hydrogen-bond acceptors (Lipinski definition) is 3. The van der Waals surface area contributed by atoms with Crippen LogP contribution in [0.5, 0.6) is 0 Å². The summed E-state index contributed by atoms with van der Waals surface area (Å²) in [5, 5.41) is 1.28. The van der Waals surface area contributed by atoms with E-state index in [1.54, 1.807) is 12.3 Å². The number of imidazole rings is 1. The molecule has 2 aromatic rings. The fourth-order valence-corrected chi connectivity index (χ4v) is 3.79. The summed E-state index contributed by atoms with van der Waals surface area (Å²) in [7, 11) is 0. The highest BCUT2D eigenvalue weighted by Crippen LogP contribution is 2.39. The average molecular weight is 397 g/mol. The topological polar surface area (TPSA) is 36.3 Å². The highest BCUT2D eigenvalue weighted by Gasteiger charge is 2.43. The second-order valence-corrected chi connectivity index (χ2v) is 8.00. The van der Waals surface area contributed by atoms with E-state index in [0.717, 1.165) is 31.4 Å². The Bertz CT molecular complexity index is 705. The second-order valence-electron chi connectivity index (χ2n) is 7.16. The fourth-order valence-electron chi connectivity index (χ4n) is 3.32. The minimum Gasteiger partial charge on any atom is -0.349 e. The summed E-state index contributed by atoms with van der Waals surface area (Å²) in [6, 6.07) is 5.59. The molecule has 1 fully saturated rings. The number of hydrogen-bond donors (Lipinski definition) is 0. The lowest BCUT2D eigenvalue weighted by Gasteiger charge is -2.46. The molecule has 0 radical (unpaired) electrons. The van der Waals surface area contributed by atoms with Crippen LogP contribution in [-0.2, 0) is 22.4 Å². The van der Waals surface area contributed by atoms with Gasteiger partial charge in [0, 0.05) is 47.2 Å². The Labute approximate surface area is 165 Å². The van der Waals surface area contributed by atoms with Gasteiger partial charge in [-0.25, -0.2) is 4.98 Å². The van der Waals surface area contributed by atoms with Gasteiger partial charge in [0.15, 0.2) is 5.79 Å². The lowest BCUT2D eigenvalue weighted by Crippen LogP contribution is -2.51. The van der Waals surface area contributed by atoms with E-state index < -0.39 is 5.79 Å². The Morgan fingerprint density at radius 2 is 1.88 bits per heavy atom. The van der Waals surface area contributed by atoms with Gasteiger partial charge in [0.1, 0.15) is 0 Å². The third-order valence-corrected chi connectivity index (χ3v) is 6.15. The molecular weight excluding hydrogens is 371 g/mol. The highest BCUT2D eigenvalue weighted by molar-refractivity contribution is 6.35. The first-order chi connectivity index (χ1) is 12.5. The molecule has 1 saturated heterocycles. The van der Waals surface area contributed by atoms with E-state index >= 15 is 0 Å². The summed E-state index contributed by atoms with van der Waals surface area (Å²) in [5.41, 5.74) is 1.09. The van der Waals surface area contributed by atoms with Gasteiger partial charge in [-0.3, -0.25) is 0 Å². The normalized spacial score (nSPS) is 18.8. The van der Waals surface area contributed by atoms with Crippen molar-refractivity contribution in [2.24, 2.45) is 5.41 Å². The van der Waals surface area contributed by atoms with Gasteiger partial charge in [-0.2, -0.15) is 0 Å². The summed E-state index contributed by atoms with van der Waals surface area (Å²) in [6.07, 6.45) is 8.96. The summed E-state index contributed by atoms with van der Waals surface area (Å²) >= 11 is 12.5. The van der Waals surface area contributed by atoms with Gasteiger partial charge in [0.25, 0.3) is 0 Å². The minimum atomic E-state index is -0.685. The third-order valence-electron chi connectivity index (χ3n) is 5.57. The summed E-state index contributed by atoms with van der Waals surface area (Å²) in [5.74, 6) is -0.685. The number of rotatable bonds is 7. The van der Waals surface area contributed by atoms with Gasteiger partial charge >= 0.3 is 0 Å². The van der Waals surface area contributed by atoms with Crippen LogP contribution in [0.15, 0.2) is 36.9 Å². The van der Waals surface area contributed by atoms with Crippen molar-refractivity contribution in [3.63, 3.8) is 0 Å². The van der Waals surface area contributed by atoms with E-state index in [9.17, 15) is 0 Å². The second kappa shape index (κ2) is 8.30. The maximum atomic E-state index is 6.41. The molecule has 4 nitrogen and oxygen atoms in total. The van der Waals surface area contributed by atoms with Gasteiger partial charge in [-0.15, -0.1) is 0 Å². The number of benzene rings is 1. The lowest BCUT2D eigenvalue weighted by atomic mass is 9.82. The van der Waals surface area contributed by atoms with E-state index in [4.69, 9.17) is 32.7 Å². The molecule has 142 valence electrons. The lowest BCUT2D eigenvalue weighted by molar-refractivity contribution is -0.308. The first kappa shape index (κ1) is 19.7. The van der Waals surface area contributed by atoms with E-state index in [2.05, 4.69) is 18.8 Å². The molecule has 26 heavy (non-hydrogen) atoms. The van der Waals surface area contributed by atoms with Gasteiger partial charge in [0.05, 0.1) is 19.5 Å². The van der Waals surface area contributed by atoms with Crippen LogP contribution in [0.25, 0.3) is 0 Å². The average Bonchev–Trinajstić information content (AvgIpc) is 3.17. The number of nitrogens with zero attached hydrogens (tertiary/aromatic N) is 2. The smallest absolute Gasteiger partial charge is 0.174 e. The molecule has 3 rings (SSSR count). The molecule has 0 amide bonds. The van der Waals surface area contributed by atoms with Crippen LogP contribution < -0.4 is 0 Å². The van der Waals surface area contributed by atoms with Crippen molar-refractivity contribution in [2.45, 2.75) is 51.9 Å². The number of aromatic nitrogens is 2. The first-order valence-corrected chi connectivity index (χ1v) is 9.93. The standard InChI is InChI=1S/C20H26Cl2N2O2/c1-3-19(4-2)13-25-20(26-14-19,7-9-24-10-8-23-15-24)12-16-5-6-17(21)11-18(16)22/h5-6,8,10-11,15H,3-4,7,9,12-14H2,1-2H3. The van der Waals surface area contributed by atoms with E-state index in [1.165, 1.54) is 0 Å². The Balaban J connectivity index is 1.79. The molecule has 0 saturated carbocycles. The maximum absolute atomic E-state index is 6.41. The zero-order chi connectivity index (χ0) is 18.6. The van der Waals surface area contributed by atoms with Crippen molar-refractivity contribution >= 4 is 23.2 Å². The molecular formula is C20H26Cl2N2O2. The molecule has 0 spiro atoms. The van der Waals surface area contributed by atoms with E-state index in [0.29, 0.717) is 29.7 Å². The molecule has 1 aromatic heterocycles. The van der Waals surface area contributed by atoms with Crippen LogP contribution in [0.1, 0.15) is 38.7 Å². The SMILES string of the molecule is CCC1(CC)COC(CCn2ccnc2)(Cc2ccc(Cl)cc2Cl)OC1. The maximum Gasteiger partial charge on any atom is 0.174 e. The predicted molar refractivity (Wildman–Crippen MR) is 105 cm³/mol. The highest BCUT2D eigenvalue weighted by atomic mass is 35.5. The van der Waals surface area contributed by atoms with E-state index in [1.807, 2.05) is 29.2 Å². The molecule has 0 aliphatic carbocycles. The molecule has 0 unspecified atom stereocenters. The van der Waals surface area contributed by atoms with Crippen molar-refractivity contribution in [1.29, 1.82) is 0 Å². The van der Waals surface area contributed by atoms with E-state index in [-0.39, 0.29) is 5.41 Å². The zero-order valence-electron chi connectivity index (χ0n) is 15.4. The van der Waals surface area contributed by atoms with Crippen molar-refractivity contribution < 1.29 is 9.47 Å². The van der Waals surface area contributed by atoms with Crippen LogP contribution in [-0.4, -0.2) is 28.6 Å². The predicted octanol–water partition coefficient (Wildman–Crippen LogP) is 5.37. The fraction of sp³-hybridized carbons (Fsp3) is 0.550. The van der Waals surface area contributed by atoms with Crippen molar-refractivity contribution in [1.82, 2.24) is 9.55 Å². The van der Waals surface area contributed by atoms with Gasteiger partial charge in [-0.05, 0) is 30.5 Å². The minimum absolute atomic E-state index is 0.0995. The summed E-state index contributed by atoms with van der Waals surface area (Å²) in [4.78, 5) is 4.11. The summed E-state index contributed by atoms with van der Waals surface area (Å²) < 4.78 is 14.8. The molecule has 0 N–H and O–H groups in total. The quantitative estimate of drug-likeness (QED) is 0.630. The van der Waals surface area contributed by atoms with Gasteiger partial charge in [0.2, 0.25) is 0 Å². The van der Waals surface area contributed by atoms with Crippen molar-refractivity contribution in [3.8, 4) is 0 Å². The Hall–Kier alpha value is -1.07. The largest absolute Gasteiger partial charge is 0.349 e. The molecule has 1 aliphatic heterocycles.